The Labute approximate surface area is 184 Å². The molecule has 5 rings (SSSR count). The van der Waals surface area contributed by atoms with E-state index in [1.807, 2.05) is 36.4 Å². The summed E-state index contributed by atoms with van der Waals surface area (Å²) < 4.78 is 10.2. The van der Waals surface area contributed by atoms with Crippen LogP contribution in [0.2, 0.25) is 0 Å². The molecule has 0 bridgehead atoms. The topological polar surface area (TPSA) is 169 Å². The van der Waals surface area contributed by atoms with Crippen molar-refractivity contribution in [2.24, 2.45) is 5.73 Å². The van der Waals surface area contributed by atoms with E-state index in [1.165, 1.54) is 0 Å². The predicted octanol–water partition coefficient (Wildman–Crippen LogP) is 3.28. The predicted molar refractivity (Wildman–Crippen MR) is 119 cm³/mol. The van der Waals surface area contributed by atoms with Crippen LogP contribution in [-0.2, 0) is 11.2 Å². The second-order valence-corrected chi connectivity index (χ2v) is 7.14. The van der Waals surface area contributed by atoms with Crippen LogP contribution in [0.4, 0.5) is 15.5 Å². The Bertz CT molecular complexity index is 1580. The van der Waals surface area contributed by atoms with E-state index in [2.05, 4.69) is 30.2 Å². The lowest BCUT2D eigenvalue weighted by Gasteiger charge is -2.03. The van der Waals surface area contributed by atoms with Gasteiger partial charge in [-0.1, -0.05) is 18.2 Å². The van der Waals surface area contributed by atoms with Gasteiger partial charge < -0.3 is 19.9 Å². The molecule has 11 nitrogen and oxygen atoms in total. The van der Waals surface area contributed by atoms with E-state index in [4.69, 9.17) is 10.2 Å². The summed E-state index contributed by atoms with van der Waals surface area (Å²) in [5, 5.41) is 10.3. The van der Waals surface area contributed by atoms with E-state index < -0.39 is 12.2 Å². The Kier molecular flexibility index (Phi) is 4.83. The summed E-state index contributed by atoms with van der Waals surface area (Å²) in [5.41, 5.74) is 7.27. The Morgan fingerprint density at radius 3 is 2.73 bits per heavy atom. The van der Waals surface area contributed by atoms with Crippen molar-refractivity contribution >= 4 is 39.9 Å². The highest BCUT2D eigenvalue weighted by Gasteiger charge is 2.13. The summed E-state index contributed by atoms with van der Waals surface area (Å²) in [6, 6.07) is 16.3. The van der Waals surface area contributed by atoms with Gasteiger partial charge >= 0.3 is 12.2 Å². The largest absolute Gasteiger partial charge is 0.461 e. The van der Waals surface area contributed by atoms with Crippen molar-refractivity contribution in [2.75, 3.05) is 5.32 Å². The number of amides is 2. The molecule has 0 fully saturated rings. The summed E-state index contributed by atoms with van der Waals surface area (Å²) >= 11 is 0. The van der Waals surface area contributed by atoms with Gasteiger partial charge in [-0.2, -0.15) is 5.10 Å². The fourth-order valence-electron chi connectivity index (χ4n) is 3.53. The number of anilines is 1. The second-order valence-electron chi connectivity index (χ2n) is 7.14. The number of aromatic amines is 2. The maximum atomic E-state index is 12.0. The van der Waals surface area contributed by atoms with Crippen molar-refractivity contribution < 1.29 is 18.7 Å². The van der Waals surface area contributed by atoms with E-state index >= 15 is 0 Å². The number of imidazole rings is 1. The molecular formula is C22H16N6O5. The highest BCUT2D eigenvalue weighted by molar-refractivity contribution is 5.92. The summed E-state index contributed by atoms with van der Waals surface area (Å²) in [4.78, 5) is 41.3. The highest BCUT2D eigenvalue weighted by atomic mass is 16.6. The van der Waals surface area contributed by atoms with Crippen LogP contribution >= 0.6 is 0 Å². The molecule has 0 aliphatic rings. The number of carbonyl (C=O) groups excluding carboxylic acids is 2. The number of H-pyrrole nitrogens is 2. The molecule has 0 atom stereocenters. The molecule has 0 saturated carbocycles. The zero-order valence-corrected chi connectivity index (χ0v) is 16.9. The summed E-state index contributed by atoms with van der Waals surface area (Å²) in [5.74, 6) is 1.40. The standard InChI is InChI=1S/C22H16N6O5/c23-20(30)33-22(31)26-21-24-15-7-5-11(9-17(15)25-21)18-8-6-12(32-18)10-16-13-3-1-2-4-14(13)19(29)28-27-16/h1-9H,10H2,(H2,23,30)(H,28,29)(H2,24,25,26,31). The van der Waals surface area contributed by atoms with Crippen LogP contribution in [0.25, 0.3) is 33.1 Å². The van der Waals surface area contributed by atoms with Crippen molar-refractivity contribution in [1.82, 2.24) is 20.2 Å². The Morgan fingerprint density at radius 1 is 1.09 bits per heavy atom. The van der Waals surface area contributed by atoms with Crippen molar-refractivity contribution in [3.63, 3.8) is 0 Å². The van der Waals surface area contributed by atoms with Crippen molar-refractivity contribution in [1.29, 1.82) is 0 Å². The van der Waals surface area contributed by atoms with Gasteiger partial charge in [-0.3, -0.25) is 10.1 Å². The molecule has 11 heteroatoms. The minimum Gasteiger partial charge on any atom is -0.461 e. The minimum atomic E-state index is -1.22. The molecule has 2 amide bonds. The maximum absolute atomic E-state index is 12.0. The number of fused-ring (bicyclic) bond motifs is 2. The third-order valence-corrected chi connectivity index (χ3v) is 4.96. The van der Waals surface area contributed by atoms with Crippen LogP contribution in [0.1, 0.15) is 11.5 Å². The zero-order valence-electron chi connectivity index (χ0n) is 16.9. The van der Waals surface area contributed by atoms with E-state index in [9.17, 15) is 14.4 Å². The Hall–Kier alpha value is -4.93. The smallest absolute Gasteiger partial charge is 0.422 e. The second kappa shape index (κ2) is 7.96. The fraction of sp³-hybridized carbons (Fsp3) is 0.0455. The van der Waals surface area contributed by atoms with E-state index in [-0.39, 0.29) is 11.5 Å². The van der Waals surface area contributed by atoms with Crippen molar-refractivity contribution in [3.8, 4) is 11.3 Å². The maximum Gasteiger partial charge on any atom is 0.422 e. The lowest BCUT2D eigenvalue weighted by atomic mass is 10.1. The molecule has 0 aliphatic carbocycles. The molecule has 5 N–H and O–H groups in total. The number of hydrogen-bond acceptors (Lipinski definition) is 7. The molecule has 5 aromatic rings. The number of ether oxygens (including phenoxy) is 1. The first-order chi connectivity index (χ1) is 16.0. The molecule has 0 aliphatic heterocycles. The summed E-state index contributed by atoms with van der Waals surface area (Å²) in [6.45, 7) is 0. The van der Waals surface area contributed by atoms with Gasteiger partial charge in [0.2, 0.25) is 5.95 Å². The van der Waals surface area contributed by atoms with Gasteiger partial charge in [-0.05, 0) is 36.4 Å². The number of primary amides is 1. The van der Waals surface area contributed by atoms with Gasteiger partial charge in [0.25, 0.3) is 5.56 Å². The van der Waals surface area contributed by atoms with Crippen LogP contribution < -0.4 is 16.6 Å². The molecule has 0 radical (unpaired) electrons. The van der Waals surface area contributed by atoms with Crippen LogP contribution in [0.3, 0.4) is 0 Å². The van der Waals surface area contributed by atoms with E-state index in [0.29, 0.717) is 40.1 Å². The SMILES string of the molecule is NC(=O)OC(=O)Nc1nc2ccc(-c3ccc(Cc4n[nH]c(=O)c5ccccc45)o3)cc2[nH]1. The van der Waals surface area contributed by atoms with Crippen molar-refractivity contribution in [2.45, 2.75) is 6.42 Å². The van der Waals surface area contributed by atoms with Gasteiger partial charge in [-0.15, -0.1) is 0 Å². The monoisotopic (exact) mass is 444 g/mol. The normalized spacial score (nSPS) is 11.0. The summed E-state index contributed by atoms with van der Waals surface area (Å²) in [6.07, 6.45) is -1.86. The number of aromatic nitrogens is 4. The van der Waals surface area contributed by atoms with E-state index in [0.717, 1.165) is 10.9 Å². The molecule has 0 spiro atoms. The molecule has 33 heavy (non-hydrogen) atoms. The third-order valence-electron chi connectivity index (χ3n) is 4.96. The average Bonchev–Trinajstić information content (AvgIpc) is 3.41. The molecule has 3 heterocycles. The first-order valence-electron chi connectivity index (χ1n) is 9.80. The van der Waals surface area contributed by atoms with Gasteiger partial charge in [0.05, 0.1) is 28.5 Å². The molecule has 0 unspecified atom stereocenters. The van der Waals surface area contributed by atoms with Crippen LogP contribution in [0, 0.1) is 0 Å². The number of nitrogens with zero attached hydrogens (tertiary/aromatic N) is 2. The number of carbonyl (C=O) groups is 2. The quantitative estimate of drug-likeness (QED) is 0.308. The number of nitrogens with two attached hydrogens (primary N) is 1. The molecule has 0 saturated heterocycles. The van der Waals surface area contributed by atoms with Crippen molar-refractivity contribution in [3.05, 3.63) is 76.4 Å². The van der Waals surface area contributed by atoms with Crippen LogP contribution in [0.15, 0.2) is 63.8 Å². The van der Waals surface area contributed by atoms with Gasteiger partial charge in [-0.25, -0.2) is 19.7 Å². The molecule has 3 aromatic heterocycles. The number of furan rings is 1. The first-order valence-corrected chi connectivity index (χ1v) is 9.80. The third kappa shape index (κ3) is 4.02. The first kappa shape index (κ1) is 20.0. The van der Waals surface area contributed by atoms with Gasteiger partial charge in [0, 0.05) is 10.9 Å². The summed E-state index contributed by atoms with van der Waals surface area (Å²) in [7, 11) is 0. The number of hydrogen-bond donors (Lipinski definition) is 4. The average molecular weight is 444 g/mol. The van der Waals surface area contributed by atoms with E-state index in [1.54, 1.807) is 18.2 Å². The van der Waals surface area contributed by atoms with Crippen LogP contribution in [-0.4, -0.2) is 32.4 Å². The molecule has 2 aromatic carbocycles. The Morgan fingerprint density at radius 2 is 1.91 bits per heavy atom. The van der Waals surface area contributed by atoms with Crippen LogP contribution in [0.5, 0.6) is 0 Å². The highest BCUT2D eigenvalue weighted by Crippen LogP contribution is 2.27. The number of benzene rings is 2. The number of nitrogens with one attached hydrogen (secondary N) is 3. The van der Waals surface area contributed by atoms with Gasteiger partial charge in [0.1, 0.15) is 11.5 Å². The Balaban J connectivity index is 1.39. The lowest BCUT2D eigenvalue weighted by molar-refractivity contribution is 0.167. The van der Waals surface area contributed by atoms with Gasteiger partial charge in [0.15, 0.2) is 0 Å². The lowest BCUT2D eigenvalue weighted by Crippen LogP contribution is -2.23. The molecular weight excluding hydrogens is 428 g/mol. The number of rotatable bonds is 4. The fourth-order valence-corrected chi connectivity index (χ4v) is 3.53. The minimum absolute atomic E-state index is 0.101. The zero-order chi connectivity index (χ0) is 22.9. The molecule has 164 valence electrons.